The van der Waals surface area contributed by atoms with Gasteiger partial charge in [-0.15, -0.1) is 11.3 Å². The lowest BCUT2D eigenvalue weighted by Gasteiger charge is -2.02. The van der Waals surface area contributed by atoms with Crippen molar-refractivity contribution in [1.82, 2.24) is 0 Å². The molecule has 0 atom stereocenters. The van der Waals surface area contributed by atoms with Gasteiger partial charge in [0, 0.05) is 22.9 Å². The molecule has 3 aromatic rings. The molecule has 9 heteroatoms. The molecule has 0 aliphatic rings. The molecule has 182 valence electrons. The number of hydrogen-bond donors (Lipinski definition) is 0. The Hall–Kier alpha value is -4.47. The molecule has 0 saturated heterocycles. The first-order chi connectivity index (χ1) is 17.3. The van der Waals surface area contributed by atoms with Crippen LogP contribution >= 0.6 is 11.3 Å². The molecule has 2 aromatic heterocycles. The van der Waals surface area contributed by atoms with Crippen LogP contribution in [0.3, 0.4) is 0 Å². The van der Waals surface area contributed by atoms with Gasteiger partial charge in [0.05, 0.1) is 29.9 Å². The SMILES string of the molecule is CCOC(=O)c1ccc(-c2ccc(C=C(C#N)C(=O)Cc3sc(C(=O)OCC)c(C)c3C#N)o2)cc1. The van der Waals surface area contributed by atoms with Gasteiger partial charge in [-0.3, -0.25) is 4.79 Å². The van der Waals surface area contributed by atoms with Gasteiger partial charge in [0.25, 0.3) is 0 Å². The fraction of sp³-hybridized carbons (Fsp3) is 0.222. The molecular formula is C27H22N2O6S. The van der Waals surface area contributed by atoms with Crippen LogP contribution in [0.25, 0.3) is 17.4 Å². The highest BCUT2D eigenvalue weighted by atomic mass is 32.1. The van der Waals surface area contributed by atoms with Crippen LogP contribution in [0.4, 0.5) is 0 Å². The molecule has 0 spiro atoms. The number of nitriles is 2. The van der Waals surface area contributed by atoms with E-state index in [0.717, 1.165) is 11.3 Å². The number of thiophene rings is 1. The largest absolute Gasteiger partial charge is 0.462 e. The minimum Gasteiger partial charge on any atom is -0.462 e. The fourth-order valence-corrected chi connectivity index (χ4v) is 4.51. The zero-order valence-corrected chi connectivity index (χ0v) is 20.7. The number of ether oxygens (including phenoxy) is 2. The van der Waals surface area contributed by atoms with Crippen molar-refractivity contribution in [3.05, 3.63) is 74.2 Å². The van der Waals surface area contributed by atoms with Gasteiger partial charge in [0.2, 0.25) is 0 Å². The van der Waals surface area contributed by atoms with E-state index in [4.69, 9.17) is 13.9 Å². The Labute approximate surface area is 212 Å². The molecule has 0 fully saturated rings. The summed E-state index contributed by atoms with van der Waals surface area (Å²) in [5.41, 5.74) is 1.65. The second kappa shape index (κ2) is 11.8. The number of nitrogens with zero attached hydrogens (tertiary/aromatic N) is 2. The van der Waals surface area contributed by atoms with Crippen LogP contribution < -0.4 is 0 Å². The topological polar surface area (TPSA) is 130 Å². The summed E-state index contributed by atoms with van der Waals surface area (Å²) < 4.78 is 15.8. The molecule has 8 nitrogen and oxygen atoms in total. The number of allylic oxidation sites excluding steroid dienone is 1. The summed E-state index contributed by atoms with van der Waals surface area (Å²) in [5.74, 6) is -0.702. The maximum absolute atomic E-state index is 12.9. The lowest BCUT2D eigenvalue weighted by Crippen LogP contribution is -2.05. The Balaban J connectivity index is 1.80. The van der Waals surface area contributed by atoms with Crippen molar-refractivity contribution in [2.45, 2.75) is 27.2 Å². The lowest BCUT2D eigenvalue weighted by atomic mass is 10.0. The van der Waals surface area contributed by atoms with Crippen molar-refractivity contribution in [2.24, 2.45) is 0 Å². The molecule has 0 aliphatic carbocycles. The zero-order valence-electron chi connectivity index (χ0n) is 19.9. The first kappa shape index (κ1) is 26.1. The molecule has 3 rings (SSSR count). The van der Waals surface area contributed by atoms with Crippen LogP contribution in [0.2, 0.25) is 0 Å². The fourth-order valence-electron chi connectivity index (χ4n) is 3.36. The Morgan fingerprint density at radius 1 is 1.00 bits per heavy atom. The molecular weight excluding hydrogens is 480 g/mol. The quantitative estimate of drug-likeness (QED) is 0.220. The molecule has 0 bridgehead atoms. The van der Waals surface area contributed by atoms with E-state index in [1.165, 1.54) is 6.08 Å². The smallest absolute Gasteiger partial charge is 0.348 e. The Morgan fingerprint density at radius 2 is 1.67 bits per heavy atom. The molecule has 1 aromatic carbocycles. The second-order valence-corrected chi connectivity index (χ2v) is 8.56. The van der Waals surface area contributed by atoms with Gasteiger partial charge in [-0.2, -0.15) is 10.5 Å². The lowest BCUT2D eigenvalue weighted by molar-refractivity contribution is -0.114. The van der Waals surface area contributed by atoms with Crippen LogP contribution in [0.15, 0.2) is 46.4 Å². The number of esters is 2. The van der Waals surface area contributed by atoms with Gasteiger partial charge < -0.3 is 13.9 Å². The van der Waals surface area contributed by atoms with Crippen molar-refractivity contribution in [2.75, 3.05) is 13.2 Å². The van der Waals surface area contributed by atoms with Crippen molar-refractivity contribution in [1.29, 1.82) is 10.5 Å². The number of benzene rings is 1. The number of rotatable bonds is 9. The van der Waals surface area contributed by atoms with Gasteiger partial charge in [0.15, 0.2) is 5.78 Å². The number of hydrogen-bond acceptors (Lipinski definition) is 9. The van der Waals surface area contributed by atoms with E-state index in [2.05, 4.69) is 0 Å². The molecule has 0 aliphatic heterocycles. The average Bonchev–Trinajstić information content (AvgIpc) is 3.46. The third kappa shape index (κ3) is 5.77. The number of furan rings is 1. The molecule has 0 amide bonds. The Morgan fingerprint density at radius 3 is 2.28 bits per heavy atom. The highest BCUT2D eigenvalue weighted by Crippen LogP contribution is 2.30. The highest BCUT2D eigenvalue weighted by Gasteiger charge is 2.23. The molecule has 0 radical (unpaired) electrons. The summed E-state index contributed by atoms with van der Waals surface area (Å²) in [7, 11) is 0. The van der Waals surface area contributed by atoms with Crippen LogP contribution in [0.5, 0.6) is 0 Å². The first-order valence-electron chi connectivity index (χ1n) is 11.0. The van der Waals surface area contributed by atoms with Gasteiger partial charge >= 0.3 is 11.9 Å². The summed E-state index contributed by atoms with van der Waals surface area (Å²) in [6.45, 7) is 5.51. The van der Waals surface area contributed by atoms with Crippen molar-refractivity contribution in [3.8, 4) is 23.5 Å². The number of carbonyl (C=O) groups excluding carboxylic acids is 3. The normalized spacial score (nSPS) is 10.9. The van der Waals surface area contributed by atoms with E-state index in [9.17, 15) is 24.9 Å². The minimum absolute atomic E-state index is 0.152. The maximum atomic E-state index is 12.9. The third-order valence-corrected chi connectivity index (χ3v) is 6.40. The van der Waals surface area contributed by atoms with Crippen molar-refractivity contribution < 1.29 is 28.3 Å². The van der Waals surface area contributed by atoms with E-state index in [0.29, 0.717) is 33.1 Å². The Kier molecular flexibility index (Phi) is 8.56. The van der Waals surface area contributed by atoms with Crippen LogP contribution in [0, 0.1) is 29.6 Å². The number of carbonyl (C=O) groups is 3. The molecule has 0 saturated carbocycles. The molecule has 2 heterocycles. The summed E-state index contributed by atoms with van der Waals surface area (Å²) in [6, 6.07) is 13.9. The van der Waals surface area contributed by atoms with Crippen LogP contribution in [-0.2, 0) is 20.7 Å². The zero-order chi connectivity index (χ0) is 26.2. The Bertz CT molecular complexity index is 1410. The molecule has 36 heavy (non-hydrogen) atoms. The number of ketones is 1. The van der Waals surface area contributed by atoms with Crippen LogP contribution in [0.1, 0.15) is 55.6 Å². The maximum Gasteiger partial charge on any atom is 0.348 e. The number of Topliss-reactive ketones (excluding diaryl/α,β-unsaturated/α-hetero) is 1. The summed E-state index contributed by atoms with van der Waals surface area (Å²) in [4.78, 5) is 37.5. The summed E-state index contributed by atoms with van der Waals surface area (Å²) >= 11 is 1.02. The third-order valence-electron chi connectivity index (χ3n) is 5.13. The van der Waals surface area contributed by atoms with Gasteiger partial charge in [-0.05, 0) is 50.6 Å². The standard InChI is InChI=1S/C27H22N2O6S/c1-4-33-26(31)18-8-6-17(7-9-18)23-11-10-20(35-23)12-19(14-28)22(30)13-24-21(15-29)16(3)25(36-24)27(32)34-5-2/h6-12H,4-5,13H2,1-3H3. The minimum atomic E-state index is -0.551. The molecule has 0 N–H and O–H groups in total. The monoisotopic (exact) mass is 502 g/mol. The van der Waals surface area contributed by atoms with Crippen molar-refractivity contribution in [3.63, 3.8) is 0 Å². The van der Waals surface area contributed by atoms with Gasteiger partial charge in [0.1, 0.15) is 28.5 Å². The van der Waals surface area contributed by atoms with E-state index >= 15 is 0 Å². The van der Waals surface area contributed by atoms with Gasteiger partial charge in [-0.1, -0.05) is 12.1 Å². The van der Waals surface area contributed by atoms with E-state index in [1.54, 1.807) is 57.2 Å². The first-order valence-corrected chi connectivity index (χ1v) is 11.9. The summed E-state index contributed by atoms with van der Waals surface area (Å²) in [6.07, 6.45) is 1.12. The van der Waals surface area contributed by atoms with E-state index < -0.39 is 17.7 Å². The van der Waals surface area contributed by atoms with Crippen molar-refractivity contribution >= 4 is 35.1 Å². The predicted molar refractivity (Wildman–Crippen MR) is 132 cm³/mol. The van der Waals surface area contributed by atoms with Crippen LogP contribution in [-0.4, -0.2) is 30.9 Å². The second-order valence-electron chi connectivity index (χ2n) is 7.46. The average molecular weight is 503 g/mol. The molecule has 0 unspecified atom stereocenters. The predicted octanol–water partition coefficient (Wildman–Crippen LogP) is 5.26. The van der Waals surface area contributed by atoms with E-state index in [1.807, 2.05) is 12.1 Å². The van der Waals surface area contributed by atoms with Gasteiger partial charge in [-0.25, -0.2) is 9.59 Å². The summed E-state index contributed by atoms with van der Waals surface area (Å²) in [5, 5.41) is 19.1. The highest BCUT2D eigenvalue weighted by molar-refractivity contribution is 7.14. The van der Waals surface area contributed by atoms with E-state index in [-0.39, 0.29) is 35.6 Å².